The van der Waals surface area contributed by atoms with E-state index in [4.69, 9.17) is 0 Å². The summed E-state index contributed by atoms with van der Waals surface area (Å²) in [7, 11) is 1.65. The van der Waals surface area contributed by atoms with Crippen molar-refractivity contribution in [3.8, 4) is 11.3 Å². The number of aldehydes is 1. The third-order valence-electron chi connectivity index (χ3n) is 5.88. The van der Waals surface area contributed by atoms with Crippen molar-refractivity contribution in [1.29, 1.82) is 0 Å². The summed E-state index contributed by atoms with van der Waals surface area (Å²) in [6.07, 6.45) is -0.476. The number of rotatable bonds is 9. The number of carbonyl (C=O) groups excluding carboxylic acids is 2. The van der Waals surface area contributed by atoms with Crippen LogP contribution in [0.3, 0.4) is 0 Å². The molecule has 14 heteroatoms. The zero-order valence-electron chi connectivity index (χ0n) is 20.4. The third kappa shape index (κ3) is 6.68. The van der Waals surface area contributed by atoms with Gasteiger partial charge in [0.2, 0.25) is 0 Å². The normalized spacial score (nSPS) is 14.5. The molecule has 2 aromatic heterocycles. The molecule has 1 aromatic carbocycles. The Morgan fingerprint density at radius 2 is 1.89 bits per heavy atom. The van der Waals surface area contributed by atoms with E-state index in [2.05, 4.69) is 30.5 Å². The van der Waals surface area contributed by atoms with Gasteiger partial charge in [-0.05, 0) is 25.2 Å². The Kier molecular flexibility index (Phi) is 8.64. The van der Waals surface area contributed by atoms with Gasteiger partial charge >= 0.3 is 6.18 Å². The van der Waals surface area contributed by atoms with E-state index in [9.17, 15) is 27.2 Å². The van der Waals surface area contributed by atoms with Gasteiger partial charge in [-0.15, -0.1) is 0 Å². The van der Waals surface area contributed by atoms with Crippen LogP contribution >= 0.6 is 11.3 Å². The predicted molar refractivity (Wildman–Crippen MR) is 135 cm³/mol. The molecule has 3 heterocycles. The molecule has 1 aliphatic rings. The van der Waals surface area contributed by atoms with E-state index in [1.807, 2.05) is 4.90 Å². The highest BCUT2D eigenvalue weighted by Crippen LogP contribution is 2.36. The summed E-state index contributed by atoms with van der Waals surface area (Å²) >= 11 is 1.06. The minimum atomic E-state index is -4.72. The van der Waals surface area contributed by atoms with E-state index in [-0.39, 0.29) is 28.6 Å². The summed E-state index contributed by atoms with van der Waals surface area (Å²) in [5, 5.41) is 5.63. The van der Waals surface area contributed by atoms with Crippen LogP contribution in [0.5, 0.6) is 0 Å². The highest BCUT2D eigenvalue weighted by molar-refractivity contribution is 7.16. The van der Waals surface area contributed by atoms with Gasteiger partial charge in [-0.3, -0.25) is 15.0 Å². The smallest absolute Gasteiger partial charge is 0.353 e. The number of alkyl halides is 3. The van der Waals surface area contributed by atoms with Crippen LogP contribution in [0.25, 0.3) is 11.3 Å². The van der Waals surface area contributed by atoms with Crippen molar-refractivity contribution in [2.45, 2.75) is 19.1 Å². The van der Waals surface area contributed by atoms with Gasteiger partial charge in [0.1, 0.15) is 23.6 Å². The lowest BCUT2D eigenvalue weighted by molar-refractivity contribution is -0.137. The summed E-state index contributed by atoms with van der Waals surface area (Å²) in [4.78, 5) is 40.9. The second-order valence-corrected chi connectivity index (χ2v) is 9.63. The van der Waals surface area contributed by atoms with Gasteiger partial charge in [0.25, 0.3) is 5.91 Å². The molecule has 0 saturated carbocycles. The highest BCUT2D eigenvalue weighted by Gasteiger charge is 2.32. The largest absolute Gasteiger partial charge is 0.416 e. The van der Waals surface area contributed by atoms with E-state index in [0.29, 0.717) is 36.3 Å². The number of benzene rings is 1. The standard InChI is InChI=1S/C24H25F4N7O2S/c1-29-13-19-21(15-9-16(24(26,27)28)11-17(25)10-15)32-23(38-19)33-22(37)18-12-31-20(14-30-18)35-6-4-34(5-7-35)3-2-8-36/h8-12,14,29H,2-7,13H2,1H3,(H,32,33,37). The molecule has 9 nitrogen and oxygen atoms in total. The Morgan fingerprint density at radius 1 is 1.13 bits per heavy atom. The van der Waals surface area contributed by atoms with Gasteiger partial charge in [0, 0.05) is 56.1 Å². The maximum Gasteiger partial charge on any atom is 0.416 e. The first-order valence-corrected chi connectivity index (χ1v) is 12.6. The van der Waals surface area contributed by atoms with Gasteiger partial charge < -0.3 is 15.0 Å². The number of nitrogens with one attached hydrogen (secondary N) is 2. The minimum Gasteiger partial charge on any atom is -0.353 e. The number of nitrogens with zero attached hydrogens (tertiary/aromatic N) is 5. The van der Waals surface area contributed by atoms with Crippen molar-refractivity contribution in [2.24, 2.45) is 0 Å². The fourth-order valence-electron chi connectivity index (χ4n) is 4.00. The number of thiazole rings is 1. The Hall–Kier alpha value is -3.49. The number of piperazine rings is 1. The lowest BCUT2D eigenvalue weighted by Gasteiger charge is -2.34. The summed E-state index contributed by atoms with van der Waals surface area (Å²) in [5.74, 6) is -1.01. The van der Waals surface area contributed by atoms with Gasteiger partial charge in [0.05, 0.1) is 23.7 Å². The number of anilines is 2. The van der Waals surface area contributed by atoms with Gasteiger partial charge in [0.15, 0.2) is 5.13 Å². The zero-order valence-corrected chi connectivity index (χ0v) is 21.2. The van der Waals surface area contributed by atoms with Crippen molar-refractivity contribution >= 4 is 34.5 Å². The topological polar surface area (TPSA) is 103 Å². The van der Waals surface area contributed by atoms with Gasteiger partial charge in [-0.2, -0.15) is 13.2 Å². The molecule has 3 aromatic rings. The molecule has 4 rings (SSSR count). The number of halogens is 4. The van der Waals surface area contributed by atoms with Crippen LogP contribution in [0.15, 0.2) is 30.6 Å². The summed E-state index contributed by atoms with van der Waals surface area (Å²) in [5.41, 5.74) is -0.997. The molecular formula is C24H25F4N7O2S. The maximum absolute atomic E-state index is 14.0. The molecule has 0 spiro atoms. The number of amides is 1. The molecule has 2 N–H and O–H groups in total. The van der Waals surface area contributed by atoms with Crippen LogP contribution in [0.1, 0.15) is 27.3 Å². The fraction of sp³-hybridized carbons (Fsp3) is 0.375. The van der Waals surface area contributed by atoms with Crippen LogP contribution in [0.4, 0.5) is 28.5 Å². The Labute approximate surface area is 219 Å². The molecule has 202 valence electrons. The molecule has 1 fully saturated rings. The molecular weight excluding hydrogens is 526 g/mol. The first-order chi connectivity index (χ1) is 18.2. The number of hydrogen-bond donors (Lipinski definition) is 2. The van der Waals surface area contributed by atoms with E-state index in [1.165, 1.54) is 12.4 Å². The molecule has 0 aliphatic carbocycles. The van der Waals surface area contributed by atoms with Crippen LogP contribution in [-0.2, 0) is 17.5 Å². The van der Waals surface area contributed by atoms with Crippen LogP contribution in [0.2, 0.25) is 0 Å². The number of hydrogen-bond acceptors (Lipinski definition) is 9. The average Bonchev–Trinajstić information content (AvgIpc) is 3.29. The second-order valence-electron chi connectivity index (χ2n) is 8.55. The summed E-state index contributed by atoms with van der Waals surface area (Å²) in [6, 6.07) is 2.23. The lowest BCUT2D eigenvalue weighted by atomic mass is 10.1. The molecule has 0 atom stereocenters. The Bertz CT molecular complexity index is 1280. The highest BCUT2D eigenvalue weighted by atomic mass is 32.1. The van der Waals surface area contributed by atoms with Crippen molar-refractivity contribution in [3.05, 3.63) is 52.5 Å². The summed E-state index contributed by atoms with van der Waals surface area (Å²) < 4.78 is 53.6. The van der Waals surface area contributed by atoms with E-state index in [0.717, 1.165) is 49.4 Å². The summed E-state index contributed by atoms with van der Waals surface area (Å²) in [6.45, 7) is 3.97. The van der Waals surface area contributed by atoms with Gasteiger partial charge in [-0.1, -0.05) is 11.3 Å². The van der Waals surface area contributed by atoms with Crippen molar-refractivity contribution < 1.29 is 27.2 Å². The fourth-order valence-corrected chi connectivity index (χ4v) is 4.99. The third-order valence-corrected chi connectivity index (χ3v) is 6.85. The monoisotopic (exact) mass is 551 g/mol. The van der Waals surface area contributed by atoms with E-state index < -0.39 is 23.5 Å². The lowest BCUT2D eigenvalue weighted by Crippen LogP contribution is -2.47. The number of aromatic nitrogens is 3. The molecule has 1 aliphatic heterocycles. The molecule has 0 radical (unpaired) electrons. The molecule has 38 heavy (non-hydrogen) atoms. The Balaban J connectivity index is 1.47. The van der Waals surface area contributed by atoms with Crippen LogP contribution < -0.4 is 15.5 Å². The van der Waals surface area contributed by atoms with Gasteiger partial charge in [-0.25, -0.2) is 19.3 Å². The Morgan fingerprint density at radius 3 is 2.53 bits per heavy atom. The first kappa shape index (κ1) is 27.5. The van der Waals surface area contributed by atoms with E-state index >= 15 is 0 Å². The second kappa shape index (κ2) is 11.9. The maximum atomic E-state index is 14.0. The van der Waals surface area contributed by atoms with Crippen molar-refractivity contribution in [3.63, 3.8) is 0 Å². The zero-order chi connectivity index (χ0) is 27.3. The molecule has 0 unspecified atom stereocenters. The minimum absolute atomic E-state index is 0.0374. The molecule has 0 bridgehead atoms. The first-order valence-electron chi connectivity index (χ1n) is 11.7. The predicted octanol–water partition coefficient (Wildman–Crippen LogP) is 3.44. The average molecular weight is 552 g/mol. The quantitative estimate of drug-likeness (QED) is 0.308. The SMILES string of the molecule is CNCc1sc(NC(=O)c2cnc(N3CCN(CCC=O)CC3)cn2)nc1-c1cc(F)cc(C(F)(F)F)c1. The van der Waals surface area contributed by atoms with Crippen molar-refractivity contribution in [2.75, 3.05) is 50.0 Å². The molecule has 1 saturated heterocycles. The van der Waals surface area contributed by atoms with E-state index in [1.54, 1.807) is 7.05 Å². The van der Waals surface area contributed by atoms with Crippen LogP contribution in [-0.4, -0.2) is 71.8 Å². The molecule has 1 amide bonds. The van der Waals surface area contributed by atoms with Crippen LogP contribution in [0, 0.1) is 5.82 Å². The number of carbonyl (C=O) groups is 2. The van der Waals surface area contributed by atoms with Crippen molar-refractivity contribution in [1.82, 2.24) is 25.2 Å².